The topological polar surface area (TPSA) is 23.5 Å². The van der Waals surface area contributed by atoms with E-state index in [4.69, 9.17) is 0 Å². The van der Waals surface area contributed by atoms with Gasteiger partial charge >= 0.3 is 0 Å². The van der Waals surface area contributed by atoms with Crippen molar-refractivity contribution >= 4 is 0 Å². The minimum Gasteiger partial charge on any atom is -0.394 e. The molecule has 0 aromatic carbocycles. The zero-order valence-corrected chi connectivity index (χ0v) is 9.21. The maximum atomic E-state index is 9.43. The van der Waals surface area contributed by atoms with Crippen molar-refractivity contribution in [3.8, 4) is 0 Å². The van der Waals surface area contributed by atoms with E-state index in [0.29, 0.717) is 6.61 Å². The lowest BCUT2D eigenvalue weighted by atomic mass is 9.84. The first kappa shape index (κ1) is 11.0. The predicted octanol–water partition coefficient (Wildman–Crippen LogP) is 1.88. The molecule has 1 heterocycles. The van der Waals surface area contributed by atoms with Gasteiger partial charge in [-0.2, -0.15) is 0 Å². The first-order chi connectivity index (χ1) is 6.22. The zero-order valence-electron chi connectivity index (χ0n) is 9.21. The van der Waals surface area contributed by atoms with Crippen molar-refractivity contribution in [2.45, 2.75) is 45.6 Å². The molecule has 1 fully saturated rings. The number of nitrogens with zero attached hydrogens (tertiary/aromatic N) is 1. The molecule has 2 nitrogen and oxygen atoms in total. The van der Waals surface area contributed by atoms with E-state index in [2.05, 4.69) is 25.7 Å². The van der Waals surface area contributed by atoms with Crippen LogP contribution in [0.5, 0.6) is 0 Å². The highest BCUT2D eigenvalue weighted by Gasteiger charge is 2.39. The first-order valence-corrected chi connectivity index (χ1v) is 5.58. The Kier molecular flexibility index (Phi) is 3.74. The van der Waals surface area contributed by atoms with Crippen LogP contribution in [0, 0.1) is 5.92 Å². The van der Waals surface area contributed by atoms with E-state index in [-0.39, 0.29) is 5.54 Å². The van der Waals surface area contributed by atoms with Crippen LogP contribution >= 0.6 is 0 Å². The Bertz CT molecular complexity index is 140. The minimum atomic E-state index is 0.0890. The van der Waals surface area contributed by atoms with E-state index in [1.807, 2.05) is 0 Å². The molecule has 0 aromatic rings. The van der Waals surface area contributed by atoms with Crippen LogP contribution in [0.15, 0.2) is 0 Å². The predicted molar refractivity (Wildman–Crippen MR) is 55.8 cm³/mol. The highest BCUT2D eigenvalue weighted by Crippen LogP contribution is 2.32. The van der Waals surface area contributed by atoms with E-state index >= 15 is 0 Å². The Morgan fingerprint density at radius 2 is 1.77 bits per heavy atom. The van der Waals surface area contributed by atoms with E-state index < -0.39 is 0 Å². The van der Waals surface area contributed by atoms with Crippen LogP contribution in [0.3, 0.4) is 0 Å². The smallest absolute Gasteiger partial charge is 0.0615 e. The third-order valence-electron chi connectivity index (χ3n) is 3.82. The lowest BCUT2D eigenvalue weighted by Crippen LogP contribution is -2.61. The fourth-order valence-electron chi connectivity index (χ4n) is 2.24. The first-order valence-electron chi connectivity index (χ1n) is 5.58. The van der Waals surface area contributed by atoms with Crippen LogP contribution in [-0.4, -0.2) is 35.2 Å². The summed E-state index contributed by atoms with van der Waals surface area (Å²) in [7, 11) is 0. The Morgan fingerprint density at radius 3 is 2.08 bits per heavy atom. The maximum Gasteiger partial charge on any atom is 0.0615 e. The Hall–Kier alpha value is -0.0800. The number of rotatable bonds is 5. The van der Waals surface area contributed by atoms with Crippen LogP contribution < -0.4 is 0 Å². The number of aliphatic hydroxyl groups is 1. The van der Waals surface area contributed by atoms with Crippen molar-refractivity contribution in [2.75, 3.05) is 19.7 Å². The molecule has 0 aliphatic carbocycles. The van der Waals surface area contributed by atoms with Crippen LogP contribution in [0.4, 0.5) is 0 Å². The average molecular weight is 185 g/mol. The summed E-state index contributed by atoms with van der Waals surface area (Å²) in [5.41, 5.74) is 0.0890. The summed E-state index contributed by atoms with van der Waals surface area (Å²) in [6.45, 7) is 9.31. The summed E-state index contributed by atoms with van der Waals surface area (Å²) in [5.74, 6) is 0.879. The van der Waals surface area contributed by atoms with Crippen LogP contribution in [0.1, 0.15) is 40.0 Å². The summed E-state index contributed by atoms with van der Waals surface area (Å²) in [4.78, 5) is 2.46. The van der Waals surface area contributed by atoms with Crippen molar-refractivity contribution in [1.29, 1.82) is 0 Å². The third-order valence-corrected chi connectivity index (χ3v) is 3.82. The largest absolute Gasteiger partial charge is 0.394 e. The van der Waals surface area contributed by atoms with Crippen LogP contribution in [-0.2, 0) is 0 Å². The van der Waals surface area contributed by atoms with Crippen molar-refractivity contribution in [1.82, 2.24) is 4.90 Å². The van der Waals surface area contributed by atoms with Crippen molar-refractivity contribution in [2.24, 2.45) is 5.92 Å². The van der Waals surface area contributed by atoms with Gasteiger partial charge in [0.05, 0.1) is 6.61 Å². The molecule has 0 unspecified atom stereocenters. The SMILES string of the molecule is CCC1CN(C(CC)(CC)CO)C1. The van der Waals surface area contributed by atoms with Crippen LogP contribution in [0.2, 0.25) is 0 Å². The molecule has 0 aromatic heterocycles. The lowest BCUT2D eigenvalue weighted by molar-refractivity contribution is -0.0523. The molecule has 0 saturated carbocycles. The normalized spacial score (nSPS) is 20.3. The number of hydrogen-bond acceptors (Lipinski definition) is 2. The summed E-state index contributed by atoms with van der Waals surface area (Å²) >= 11 is 0. The quantitative estimate of drug-likeness (QED) is 0.707. The molecule has 13 heavy (non-hydrogen) atoms. The molecule has 1 saturated heterocycles. The molecule has 0 radical (unpaired) electrons. The molecule has 1 aliphatic heterocycles. The highest BCUT2D eigenvalue weighted by atomic mass is 16.3. The van der Waals surface area contributed by atoms with Gasteiger partial charge in [-0.15, -0.1) is 0 Å². The standard InChI is InChI=1S/C11H23NO/c1-4-10-7-12(8-10)11(5-2,6-3)9-13/h10,13H,4-9H2,1-3H3. The second kappa shape index (κ2) is 4.43. The second-order valence-corrected chi connectivity index (χ2v) is 4.27. The monoisotopic (exact) mass is 185 g/mol. The van der Waals surface area contributed by atoms with Gasteiger partial charge in [-0.3, -0.25) is 4.90 Å². The summed E-state index contributed by atoms with van der Waals surface area (Å²) in [6, 6.07) is 0. The lowest BCUT2D eigenvalue weighted by Gasteiger charge is -2.51. The molecule has 0 bridgehead atoms. The maximum absolute atomic E-state index is 9.43. The third kappa shape index (κ3) is 1.89. The highest BCUT2D eigenvalue weighted by molar-refractivity contribution is 4.94. The fraction of sp³-hybridized carbons (Fsp3) is 1.00. The van der Waals surface area contributed by atoms with Gasteiger partial charge in [-0.25, -0.2) is 0 Å². The van der Waals surface area contributed by atoms with Crippen molar-refractivity contribution in [3.05, 3.63) is 0 Å². The van der Waals surface area contributed by atoms with E-state index in [1.165, 1.54) is 19.5 Å². The molecular formula is C11H23NO. The van der Waals surface area contributed by atoms with Gasteiger partial charge in [0.25, 0.3) is 0 Å². The molecular weight excluding hydrogens is 162 g/mol. The van der Waals surface area contributed by atoms with Gasteiger partial charge in [0, 0.05) is 18.6 Å². The van der Waals surface area contributed by atoms with Gasteiger partial charge in [-0.05, 0) is 18.8 Å². The Morgan fingerprint density at radius 1 is 1.23 bits per heavy atom. The average Bonchev–Trinajstić information content (AvgIpc) is 2.11. The van der Waals surface area contributed by atoms with Crippen molar-refractivity contribution < 1.29 is 5.11 Å². The molecule has 2 heteroatoms. The van der Waals surface area contributed by atoms with Gasteiger partial charge in [-0.1, -0.05) is 27.2 Å². The minimum absolute atomic E-state index is 0.0890. The van der Waals surface area contributed by atoms with Crippen LogP contribution in [0.25, 0.3) is 0 Å². The number of likely N-dealkylation sites (tertiary alicyclic amines) is 1. The molecule has 0 amide bonds. The second-order valence-electron chi connectivity index (χ2n) is 4.27. The summed E-state index contributed by atoms with van der Waals surface area (Å²) in [6.07, 6.45) is 3.41. The molecule has 78 valence electrons. The van der Waals surface area contributed by atoms with Gasteiger partial charge in [0.1, 0.15) is 0 Å². The molecule has 1 N–H and O–H groups in total. The molecule has 1 rings (SSSR count). The van der Waals surface area contributed by atoms with Gasteiger partial charge < -0.3 is 5.11 Å². The Labute approximate surface area is 81.9 Å². The Balaban J connectivity index is 2.48. The zero-order chi connectivity index (χ0) is 9.90. The van der Waals surface area contributed by atoms with Gasteiger partial charge in [0.15, 0.2) is 0 Å². The van der Waals surface area contributed by atoms with E-state index in [9.17, 15) is 5.11 Å². The summed E-state index contributed by atoms with van der Waals surface area (Å²) < 4.78 is 0. The molecule has 0 atom stereocenters. The molecule has 1 aliphatic rings. The number of hydrogen-bond donors (Lipinski definition) is 1. The van der Waals surface area contributed by atoms with Crippen molar-refractivity contribution in [3.63, 3.8) is 0 Å². The van der Waals surface area contributed by atoms with E-state index in [0.717, 1.165) is 18.8 Å². The fourth-order valence-corrected chi connectivity index (χ4v) is 2.24. The molecule has 0 spiro atoms. The van der Waals surface area contributed by atoms with Gasteiger partial charge in [0.2, 0.25) is 0 Å². The number of aliphatic hydroxyl groups excluding tert-OH is 1. The summed E-state index contributed by atoms with van der Waals surface area (Å²) in [5, 5.41) is 9.43. The van der Waals surface area contributed by atoms with E-state index in [1.54, 1.807) is 0 Å².